The smallest absolute Gasteiger partial charge is 0.329 e. The van der Waals surface area contributed by atoms with E-state index in [1.165, 1.54) is 24.0 Å². The molecule has 0 bridgehead atoms. The Labute approximate surface area is 199 Å². The zero-order valence-corrected chi connectivity index (χ0v) is 20.0. The van der Waals surface area contributed by atoms with Crippen molar-refractivity contribution in [2.75, 3.05) is 13.2 Å². The highest BCUT2D eigenvalue weighted by Crippen LogP contribution is 2.48. The van der Waals surface area contributed by atoms with Crippen LogP contribution in [-0.2, 0) is 16.0 Å². The lowest BCUT2D eigenvalue weighted by atomic mass is 9.62. The lowest BCUT2D eigenvalue weighted by molar-refractivity contribution is -0.141. The molecule has 0 aliphatic heterocycles. The largest absolute Gasteiger partial charge is 0.480 e. The third kappa shape index (κ3) is 7.41. The molecule has 1 unspecified atom stereocenters. The summed E-state index contributed by atoms with van der Waals surface area (Å²) in [4.78, 5) is 10.6. The van der Waals surface area contributed by atoms with Crippen LogP contribution >= 0.6 is 0 Å². The fourth-order valence-electron chi connectivity index (χ4n) is 5.34. The summed E-state index contributed by atoms with van der Waals surface area (Å²) in [6, 6.07) is 10.6. The van der Waals surface area contributed by atoms with Crippen molar-refractivity contribution in [2.45, 2.75) is 77.2 Å². The van der Waals surface area contributed by atoms with Crippen LogP contribution in [0.25, 0.3) is 0 Å². The van der Waals surface area contributed by atoms with Crippen molar-refractivity contribution < 1.29 is 19.7 Å². The molecule has 2 atom stereocenters. The first-order chi connectivity index (χ1) is 15.9. The van der Waals surface area contributed by atoms with Gasteiger partial charge in [-0.25, -0.2) is 4.79 Å². The van der Waals surface area contributed by atoms with Gasteiger partial charge in [0.25, 0.3) is 0 Å². The van der Waals surface area contributed by atoms with E-state index in [-0.39, 0.29) is 17.4 Å². The van der Waals surface area contributed by atoms with Crippen molar-refractivity contribution in [3.8, 4) is 0 Å². The minimum Gasteiger partial charge on any atom is -0.480 e. The van der Waals surface area contributed by atoms with Gasteiger partial charge in [-0.15, -0.1) is 0 Å². The molecule has 4 nitrogen and oxygen atoms in total. The molecular formula is C29H40O4. The summed E-state index contributed by atoms with van der Waals surface area (Å²) in [5.41, 5.74) is 2.70. The number of rotatable bonds is 12. The van der Waals surface area contributed by atoms with E-state index >= 15 is 0 Å². The fraction of sp³-hybridized carbons (Fsp3) is 0.552. The molecule has 0 saturated heterocycles. The summed E-state index contributed by atoms with van der Waals surface area (Å²) < 4.78 is 5.22. The number of aliphatic hydroxyl groups is 1. The van der Waals surface area contributed by atoms with E-state index in [0.717, 1.165) is 51.4 Å². The van der Waals surface area contributed by atoms with E-state index in [0.29, 0.717) is 6.61 Å². The Bertz CT molecular complexity index is 834. The SMILES string of the molecule is C[C@@]1(/C=C/C=C/C(O)C2(CCCc3ccccc3)CCC2)CCCC/C1=C\COCC(=O)O. The minimum atomic E-state index is -0.937. The number of ether oxygens (including phenoxy) is 1. The molecule has 4 heteroatoms. The molecule has 2 aliphatic carbocycles. The Morgan fingerprint density at radius 2 is 1.91 bits per heavy atom. The monoisotopic (exact) mass is 452 g/mol. The number of benzene rings is 1. The number of carboxylic acids is 1. The molecule has 33 heavy (non-hydrogen) atoms. The third-order valence-corrected chi connectivity index (χ3v) is 7.63. The number of hydrogen-bond donors (Lipinski definition) is 2. The molecular weight excluding hydrogens is 412 g/mol. The highest BCUT2D eigenvalue weighted by Gasteiger charge is 2.41. The molecule has 0 heterocycles. The standard InChI is InChI=1S/C29H40O4/c1-28(17-7-5-14-25(28)16-22-33-23-27(31)32)18-8-6-15-26(30)29(20-10-21-29)19-9-13-24-11-3-2-4-12-24/h2-4,6,8,11-12,15-16,18,26,30H,5,7,9-10,13-14,17,19-23H2,1H3,(H,31,32)/b15-6+,18-8+,25-16+/t26?,28-/m0/s1. The summed E-state index contributed by atoms with van der Waals surface area (Å²) in [7, 11) is 0. The van der Waals surface area contributed by atoms with Crippen LogP contribution in [0.1, 0.15) is 70.3 Å². The highest BCUT2D eigenvalue weighted by molar-refractivity contribution is 5.68. The Balaban J connectivity index is 1.53. The lowest BCUT2D eigenvalue weighted by Gasteiger charge is -2.45. The van der Waals surface area contributed by atoms with Crippen molar-refractivity contribution in [2.24, 2.45) is 10.8 Å². The van der Waals surface area contributed by atoms with Crippen LogP contribution in [0.2, 0.25) is 0 Å². The topological polar surface area (TPSA) is 66.8 Å². The molecule has 0 amide bonds. The molecule has 2 fully saturated rings. The molecule has 2 saturated carbocycles. The average Bonchev–Trinajstić information content (AvgIpc) is 2.77. The number of hydrogen-bond acceptors (Lipinski definition) is 3. The Hall–Kier alpha value is -2.17. The Morgan fingerprint density at radius 1 is 1.12 bits per heavy atom. The highest BCUT2D eigenvalue weighted by atomic mass is 16.5. The zero-order valence-electron chi connectivity index (χ0n) is 20.0. The van der Waals surface area contributed by atoms with Gasteiger partial charge in [0.1, 0.15) is 6.61 Å². The Kier molecular flexibility index (Phi) is 9.52. The lowest BCUT2D eigenvalue weighted by Crippen LogP contribution is -2.40. The molecule has 180 valence electrons. The first kappa shape index (κ1) is 25.5. The number of aryl methyl sites for hydroxylation is 1. The van der Waals surface area contributed by atoms with E-state index in [4.69, 9.17) is 9.84 Å². The van der Waals surface area contributed by atoms with Crippen LogP contribution in [-0.4, -0.2) is 35.5 Å². The summed E-state index contributed by atoms with van der Waals surface area (Å²) in [5.74, 6) is -0.937. The number of allylic oxidation sites excluding steroid dienone is 4. The van der Waals surface area contributed by atoms with Gasteiger partial charge in [-0.2, -0.15) is 0 Å². The van der Waals surface area contributed by atoms with Crippen LogP contribution in [0.5, 0.6) is 0 Å². The number of aliphatic carboxylic acids is 1. The van der Waals surface area contributed by atoms with Gasteiger partial charge in [-0.05, 0) is 62.3 Å². The molecule has 1 aromatic rings. The van der Waals surface area contributed by atoms with Crippen molar-refractivity contribution in [3.05, 3.63) is 71.8 Å². The van der Waals surface area contributed by atoms with Gasteiger partial charge in [0.15, 0.2) is 0 Å². The maximum atomic E-state index is 11.0. The molecule has 2 N–H and O–H groups in total. The van der Waals surface area contributed by atoms with E-state index in [9.17, 15) is 9.90 Å². The van der Waals surface area contributed by atoms with Gasteiger partial charge < -0.3 is 14.9 Å². The summed E-state index contributed by atoms with van der Waals surface area (Å²) in [5, 5.41) is 19.7. The first-order valence-corrected chi connectivity index (χ1v) is 12.5. The van der Waals surface area contributed by atoms with Crippen molar-refractivity contribution in [1.29, 1.82) is 0 Å². The molecule has 0 aromatic heterocycles. The third-order valence-electron chi connectivity index (χ3n) is 7.63. The second-order valence-corrected chi connectivity index (χ2v) is 10.0. The Morgan fingerprint density at radius 3 is 2.61 bits per heavy atom. The number of aliphatic hydroxyl groups excluding tert-OH is 1. The van der Waals surface area contributed by atoms with Gasteiger partial charge in [-0.1, -0.05) is 86.1 Å². The van der Waals surface area contributed by atoms with Crippen molar-refractivity contribution in [3.63, 3.8) is 0 Å². The van der Waals surface area contributed by atoms with Crippen LogP contribution in [0.15, 0.2) is 66.3 Å². The van der Waals surface area contributed by atoms with Gasteiger partial charge in [0.05, 0.1) is 12.7 Å². The van der Waals surface area contributed by atoms with Gasteiger partial charge >= 0.3 is 5.97 Å². The quantitative estimate of drug-likeness (QED) is 0.223. The summed E-state index contributed by atoms with van der Waals surface area (Å²) in [6.45, 7) is 2.32. The van der Waals surface area contributed by atoms with E-state index in [2.05, 4.69) is 55.5 Å². The molecule has 0 spiro atoms. The normalized spacial score (nSPS) is 24.8. The molecule has 0 radical (unpaired) electrons. The molecule has 3 rings (SSSR count). The van der Waals surface area contributed by atoms with E-state index in [1.54, 1.807) is 0 Å². The number of carbonyl (C=O) groups is 1. The van der Waals surface area contributed by atoms with Gasteiger partial charge in [-0.3, -0.25) is 0 Å². The average molecular weight is 453 g/mol. The van der Waals surface area contributed by atoms with Crippen LogP contribution in [0.4, 0.5) is 0 Å². The second-order valence-electron chi connectivity index (χ2n) is 10.0. The van der Waals surface area contributed by atoms with E-state index < -0.39 is 12.1 Å². The first-order valence-electron chi connectivity index (χ1n) is 12.5. The minimum absolute atomic E-state index is 0.0377. The summed E-state index contributed by atoms with van der Waals surface area (Å²) >= 11 is 0. The predicted molar refractivity (Wildman–Crippen MR) is 133 cm³/mol. The van der Waals surface area contributed by atoms with Crippen molar-refractivity contribution in [1.82, 2.24) is 0 Å². The predicted octanol–water partition coefficient (Wildman–Crippen LogP) is 6.26. The molecule has 1 aromatic carbocycles. The zero-order chi connectivity index (χ0) is 23.6. The van der Waals surface area contributed by atoms with Crippen molar-refractivity contribution >= 4 is 5.97 Å². The second kappa shape index (κ2) is 12.3. The maximum Gasteiger partial charge on any atom is 0.329 e. The van der Waals surface area contributed by atoms with Crippen LogP contribution < -0.4 is 0 Å². The van der Waals surface area contributed by atoms with Gasteiger partial charge in [0, 0.05) is 5.41 Å². The van der Waals surface area contributed by atoms with E-state index in [1.807, 2.05) is 12.2 Å². The number of carboxylic acid groups (broad SMARTS) is 1. The summed E-state index contributed by atoms with van der Waals surface area (Å²) in [6.07, 6.45) is 21.1. The molecule has 2 aliphatic rings. The maximum absolute atomic E-state index is 11.0. The van der Waals surface area contributed by atoms with Crippen LogP contribution in [0, 0.1) is 10.8 Å². The van der Waals surface area contributed by atoms with Gasteiger partial charge in [0.2, 0.25) is 0 Å². The van der Waals surface area contributed by atoms with Crippen LogP contribution in [0.3, 0.4) is 0 Å². The fourth-order valence-corrected chi connectivity index (χ4v) is 5.34.